The first-order chi connectivity index (χ1) is 3.06. The second-order valence-electron chi connectivity index (χ2n) is 0.864. The van der Waals surface area contributed by atoms with E-state index in [9.17, 15) is 8.42 Å². The van der Waals surface area contributed by atoms with Crippen molar-refractivity contribution in [2.24, 2.45) is 0 Å². The van der Waals surface area contributed by atoms with Crippen LogP contribution in [0.25, 0.3) is 0 Å². The van der Waals surface area contributed by atoms with Gasteiger partial charge < -0.3 is 4.55 Å². The summed E-state index contributed by atoms with van der Waals surface area (Å²) in [5, 5.41) is 0. The molecule has 0 bridgehead atoms. The largest absolute Gasteiger partial charge is 1.00 e. The van der Waals surface area contributed by atoms with Crippen LogP contribution >= 0.6 is 12.6 Å². The molecule has 0 saturated carbocycles. The van der Waals surface area contributed by atoms with Crippen molar-refractivity contribution in [2.75, 3.05) is 5.75 Å². The van der Waals surface area contributed by atoms with E-state index in [2.05, 4.69) is 12.6 Å². The SMILES string of the molecule is O=S(=O)(O)[CH-]CS.[Li+]. The van der Waals surface area contributed by atoms with Crippen LogP contribution < -0.4 is 18.9 Å². The fourth-order valence-electron chi connectivity index (χ4n) is 0.0942. The molecule has 1 N–H and O–H groups in total. The summed E-state index contributed by atoms with van der Waals surface area (Å²) in [6, 6.07) is 0. The van der Waals surface area contributed by atoms with Crippen molar-refractivity contribution in [3.63, 3.8) is 0 Å². The van der Waals surface area contributed by atoms with Crippen molar-refractivity contribution >= 4 is 22.7 Å². The van der Waals surface area contributed by atoms with E-state index in [-0.39, 0.29) is 24.6 Å². The van der Waals surface area contributed by atoms with Gasteiger partial charge in [-0.3, -0.25) is 0 Å². The molecule has 0 aromatic carbocycles. The minimum Gasteiger partial charge on any atom is -0.309 e. The van der Waals surface area contributed by atoms with Gasteiger partial charge in [-0.2, -0.15) is 5.75 Å². The number of thiol groups is 1. The van der Waals surface area contributed by atoms with Gasteiger partial charge in [-0.05, 0) is 0 Å². The van der Waals surface area contributed by atoms with E-state index < -0.39 is 10.1 Å². The second kappa shape index (κ2) is 4.71. The molecule has 0 fully saturated rings. The van der Waals surface area contributed by atoms with Gasteiger partial charge in [-0.1, -0.05) is 0 Å². The fourth-order valence-corrected chi connectivity index (χ4v) is 0.848. The Morgan fingerprint density at radius 3 is 2.00 bits per heavy atom. The molecule has 0 aromatic rings. The number of rotatable bonds is 2. The van der Waals surface area contributed by atoms with Crippen molar-refractivity contribution < 1.29 is 31.8 Å². The molecule has 3 nitrogen and oxygen atoms in total. The van der Waals surface area contributed by atoms with Crippen LogP contribution in [0.5, 0.6) is 0 Å². The van der Waals surface area contributed by atoms with Crippen LogP contribution in [0.2, 0.25) is 0 Å². The van der Waals surface area contributed by atoms with Gasteiger partial charge in [-0.25, -0.2) is 21.0 Å². The third kappa shape index (κ3) is 9.97. The van der Waals surface area contributed by atoms with Gasteiger partial charge >= 0.3 is 18.9 Å². The monoisotopic (exact) mass is 148 g/mol. The molecule has 0 atom stereocenters. The Kier molecular flexibility index (Phi) is 6.85. The number of hydrogen-bond acceptors (Lipinski definition) is 3. The van der Waals surface area contributed by atoms with E-state index in [0.29, 0.717) is 5.75 Å². The van der Waals surface area contributed by atoms with Gasteiger partial charge in [0.25, 0.3) is 0 Å². The molecule has 0 radical (unpaired) electrons. The summed E-state index contributed by atoms with van der Waals surface area (Å²) >= 11 is 3.52. The van der Waals surface area contributed by atoms with Gasteiger partial charge in [0.05, 0.1) is 0 Å². The Hall–Kier alpha value is 0.857. The Morgan fingerprint density at radius 2 is 2.00 bits per heavy atom. The molecule has 8 heavy (non-hydrogen) atoms. The second-order valence-corrected chi connectivity index (χ2v) is 2.59. The average Bonchev–Trinajstić information content (AvgIpc) is 1.30. The molecule has 0 aliphatic rings. The summed E-state index contributed by atoms with van der Waals surface area (Å²) in [6.45, 7) is 0. The Morgan fingerprint density at radius 1 is 1.62 bits per heavy atom. The van der Waals surface area contributed by atoms with E-state index in [0.717, 1.165) is 0 Å². The molecule has 0 saturated heterocycles. The molecule has 0 rings (SSSR count). The molecule has 44 valence electrons. The van der Waals surface area contributed by atoms with Crippen LogP contribution in [0.1, 0.15) is 0 Å². The summed E-state index contributed by atoms with van der Waals surface area (Å²) in [7, 11) is -3.88. The summed E-state index contributed by atoms with van der Waals surface area (Å²) in [5.41, 5.74) is 0. The Balaban J connectivity index is 0. The first-order valence-corrected chi connectivity index (χ1v) is 3.61. The van der Waals surface area contributed by atoms with Crippen LogP contribution in [0.15, 0.2) is 0 Å². The zero-order valence-electron chi connectivity index (χ0n) is 4.40. The van der Waals surface area contributed by atoms with E-state index in [1.807, 2.05) is 0 Å². The first-order valence-electron chi connectivity index (χ1n) is 1.48. The zero-order valence-corrected chi connectivity index (χ0v) is 6.11. The van der Waals surface area contributed by atoms with Crippen LogP contribution in [0, 0.1) is 5.75 Å². The maximum absolute atomic E-state index is 9.68. The standard InChI is InChI=1S/C2H5O3S2.Li/c3-7(4,5)2-1-6;/h2,6H,1H2,(H,3,4,5);/q-1;+1. The molecule has 0 aliphatic heterocycles. The molecule has 0 heterocycles. The predicted molar refractivity (Wildman–Crippen MR) is 29.7 cm³/mol. The van der Waals surface area contributed by atoms with Gasteiger partial charge in [0.2, 0.25) is 0 Å². The molecule has 0 unspecified atom stereocenters. The maximum Gasteiger partial charge on any atom is 1.00 e. The molecule has 0 spiro atoms. The van der Waals surface area contributed by atoms with Crippen molar-refractivity contribution in [2.45, 2.75) is 0 Å². The van der Waals surface area contributed by atoms with E-state index in [1.54, 1.807) is 0 Å². The first kappa shape index (κ1) is 11.6. The third-order valence-electron chi connectivity index (χ3n) is 0.285. The smallest absolute Gasteiger partial charge is 0.309 e. The van der Waals surface area contributed by atoms with E-state index in [4.69, 9.17) is 4.55 Å². The van der Waals surface area contributed by atoms with Crippen LogP contribution in [0.4, 0.5) is 0 Å². The number of hydrogen-bond donors (Lipinski definition) is 2. The van der Waals surface area contributed by atoms with E-state index >= 15 is 0 Å². The van der Waals surface area contributed by atoms with Crippen molar-refractivity contribution in [1.82, 2.24) is 0 Å². The molecule has 0 aliphatic carbocycles. The molecule has 6 heteroatoms. The Bertz CT molecular complexity index is 128. The minimum absolute atomic E-state index is 0. The van der Waals surface area contributed by atoms with Gasteiger partial charge in [-0.15, -0.1) is 5.75 Å². The van der Waals surface area contributed by atoms with Gasteiger partial charge in [0.15, 0.2) is 0 Å². The fraction of sp³-hybridized carbons (Fsp3) is 0.500. The third-order valence-corrected chi connectivity index (χ3v) is 1.30. The van der Waals surface area contributed by atoms with Crippen molar-refractivity contribution in [3.8, 4) is 0 Å². The van der Waals surface area contributed by atoms with Crippen molar-refractivity contribution in [3.05, 3.63) is 5.75 Å². The minimum atomic E-state index is -3.88. The average molecular weight is 148 g/mol. The van der Waals surface area contributed by atoms with Gasteiger partial charge in [0.1, 0.15) is 10.1 Å². The van der Waals surface area contributed by atoms with Gasteiger partial charge in [0, 0.05) is 0 Å². The zero-order chi connectivity index (χ0) is 5.91. The van der Waals surface area contributed by atoms with E-state index in [1.165, 1.54) is 0 Å². The van der Waals surface area contributed by atoms with Crippen LogP contribution in [-0.2, 0) is 10.1 Å². The van der Waals surface area contributed by atoms with Crippen molar-refractivity contribution in [1.29, 1.82) is 0 Å². The molecule has 0 aromatic heterocycles. The van der Waals surface area contributed by atoms with Crippen LogP contribution in [-0.4, -0.2) is 18.7 Å². The molecule has 0 amide bonds. The summed E-state index contributed by atoms with van der Waals surface area (Å²) in [6.07, 6.45) is 0. The topological polar surface area (TPSA) is 54.4 Å². The normalized spacial score (nSPS) is 10.2. The summed E-state index contributed by atoms with van der Waals surface area (Å²) < 4.78 is 27.3. The quantitative estimate of drug-likeness (QED) is 0.189. The van der Waals surface area contributed by atoms with Crippen LogP contribution in [0.3, 0.4) is 0 Å². The predicted octanol–water partition coefficient (Wildman–Crippen LogP) is -3.03. The summed E-state index contributed by atoms with van der Waals surface area (Å²) in [4.78, 5) is 0. The molecular weight excluding hydrogens is 143 g/mol. The Labute approximate surface area is 66.2 Å². The summed E-state index contributed by atoms with van der Waals surface area (Å²) in [5.74, 6) is 0.745. The maximum atomic E-state index is 9.68. The molecular formula is C2H5LiO3S2.